The topological polar surface area (TPSA) is 49.8 Å². The molecule has 88 valence electrons. The van der Waals surface area contributed by atoms with Gasteiger partial charge in [0.1, 0.15) is 5.82 Å². The van der Waals surface area contributed by atoms with Crippen LogP contribution < -0.4 is 10.6 Å². The van der Waals surface area contributed by atoms with Crippen LogP contribution in [0.4, 0.5) is 5.13 Å². The van der Waals surface area contributed by atoms with Crippen LogP contribution in [0.1, 0.15) is 43.8 Å². The van der Waals surface area contributed by atoms with Crippen LogP contribution in [0.15, 0.2) is 0 Å². The van der Waals surface area contributed by atoms with Gasteiger partial charge in [0.25, 0.3) is 0 Å². The lowest BCUT2D eigenvalue weighted by molar-refractivity contribution is 0.414. The molecule has 0 bridgehead atoms. The van der Waals surface area contributed by atoms with Crippen molar-refractivity contribution in [3.63, 3.8) is 0 Å². The molecule has 0 aromatic carbocycles. The molecule has 0 radical (unpaired) electrons. The van der Waals surface area contributed by atoms with Gasteiger partial charge in [0.2, 0.25) is 5.13 Å². The van der Waals surface area contributed by atoms with Crippen LogP contribution in [0.2, 0.25) is 0 Å². The summed E-state index contributed by atoms with van der Waals surface area (Å²) in [6.45, 7) is 2.15. The monoisotopic (exact) mass is 238 g/mol. The van der Waals surface area contributed by atoms with Gasteiger partial charge in [0, 0.05) is 30.0 Å². The van der Waals surface area contributed by atoms with E-state index in [-0.39, 0.29) is 0 Å². The molecule has 1 aliphatic heterocycles. The number of nitrogens with one attached hydrogen (secondary N) is 2. The van der Waals surface area contributed by atoms with E-state index in [1.165, 1.54) is 43.6 Å². The molecule has 0 amide bonds. The zero-order chi connectivity index (χ0) is 10.8. The molecular formula is C11H18N4S. The van der Waals surface area contributed by atoms with Gasteiger partial charge in [-0.05, 0) is 32.2 Å². The maximum atomic E-state index is 4.53. The Balaban J connectivity index is 1.49. The quantitative estimate of drug-likeness (QED) is 0.842. The van der Waals surface area contributed by atoms with Crippen LogP contribution in [-0.2, 0) is 0 Å². The van der Waals surface area contributed by atoms with Crippen molar-refractivity contribution in [1.82, 2.24) is 14.7 Å². The summed E-state index contributed by atoms with van der Waals surface area (Å²) in [5, 5.41) is 7.92. The third-order valence-corrected chi connectivity index (χ3v) is 3.98. The number of aromatic nitrogens is 2. The van der Waals surface area contributed by atoms with Crippen LogP contribution >= 0.6 is 11.5 Å². The lowest BCUT2D eigenvalue weighted by Crippen LogP contribution is -2.39. The van der Waals surface area contributed by atoms with Gasteiger partial charge in [0.05, 0.1) is 0 Å². The van der Waals surface area contributed by atoms with E-state index in [1.807, 2.05) is 0 Å². The van der Waals surface area contributed by atoms with Gasteiger partial charge in [0.15, 0.2) is 0 Å². The first kappa shape index (κ1) is 10.5. The highest BCUT2D eigenvalue weighted by molar-refractivity contribution is 7.09. The minimum Gasteiger partial charge on any atom is -0.359 e. The van der Waals surface area contributed by atoms with Crippen LogP contribution in [0.25, 0.3) is 0 Å². The molecule has 2 aliphatic rings. The SMILES string of the molecule is C1CCC(CNc2nc(C3CC3)ns2)NC1. The number of piperidine rings is 1. The molecule has 5 heteroatoms. The molecule has 1 aliphatic carbocycles. The number of hydrogen-bond acceptors (Lipinski definition) is 5. The van der Waals surface area contributed by atoms with E-state index in [4.69, 9.17) is 0 Å². The maximum Gasteiger partial charge on any atom is 0.202 e. The van der Waals surface area contributed by atoms with E-state index in [2.05, 4.69) is 20.0 Å². The second-order valence-electron chi connectivity index (χ2n) is 4.76. The van der Waals surface area contributed by atoms with Crippen molar-refractivity contribution in [1.29, 1.82) is 0 Å². The van der Waals surface area contributed by atoms with Crippen LogP contribution in [0.3, 0.4) is 0 Å². The molecular weight excluding hydrogens is 220 g/mol. The van der Waals surface area contributed by atoms with Gasteiger partial charge in [-0.25, -0.2) is 4.98 Å². The van der Waals surface area contributed by atoms with Gasteiger partial charge in [-0.3, -0.25) is 0 Å². The van der Waals surface area contributed by atoms with Crippen molar-refractivity contribution in [3.05, 3.63) is 5.82 Å². The first-order valence-corrected chi connectivity index (χ1v) is 7.00. The molecule has 4 nitrogen and oxygen atoms in total. The van der Waals surface area contributed by atoms with Gasteiger partial charge in [-0.15, -0.1) is 0 Å². The number of rotatable bonds is 4. The lowest BCUT2D eigenvalue weighted by Gasteiger charge is -2.23. The van der Waals surface area contributed by atoms with E-state index in [0.29, 0.717) is 12.0 Å². The Bertz CT molecular complexity index is 342. The van der Waals surface area contributed by atoms with Crippen molar-refractivity contribution in [2.24, 2.45) is 0 Å². The Hall–Kier alpha value is -0.680. The summed E-state index contributed by atoms with van der Waals surface area (Å²) in [6, 6.07) is 0.613. The van der Waals surface area contributed by atoms with Crippen LogP contribution in [0, 0.1) is 0 Å². The fourth-order valence-corrected chi connectivity index (χ4v) is 2.77. The number of anilines is 1. The second kappa shape index (κ2) is 4.67. The Morgan fingerprint density at radius 1 is 1.31 bits per heavy atom. The van der Waals surface area contributed by atoms with Crippen LogP contribution in [0.5, 0.6) is 0 Å². The van der Waals surface area contributed by atoms with Gasteiger partial charge < -0.3 is 10.6 Å². The van der Waals surface area contributed by atoms with Crippen molar-refractivity contribution < 1.29 is 0 Å². The summed E-state index contributed by atoms with van der Waals surface area (Å²) in [7, 11) is 0. The van der Waals surface area contributed by atoms with Gasteiger partial charge >= 0.3 is 0 Å². The highest BCUT2D eigenvalue weighted by atomic mass is 32.1. The van der Waals surface area contributed by atoms with E-state index in [1.54, 1.807) is 0 Å². The number of hydrogen-bond donors (Lipinski definition) is 2. The molecule has 2 heterocycles. The standard InChI is InChI=1S/C11H18N4S/c1-2-6-12-9(3-1)7-13-11-14-10(15-16-11)8-4-5-8/h8-9,12H,1-7H2,(H,13,14,15). The summed E-state index contributed by atoms with van der Waals surface area (Å²) in [4.78, 5) is 4.53. The molecule has 3 rings (SSSR count). The fourth-order valence-electron chi connectivity index (χ4n) is 2.12. The van der Waals surface area contributed by atoms with E-state index >= 15 is 0 Å². The van der Waals surface area contributed by atoms with E-state index < -0.39 is 0 Å². The minimum absolute atomic E-state index is 0.613. The smallest absolute Gasteiger partial charge is 0.202 e. The van der Waals surface area contributed by atoms with E-state index in [9.17, 15) is 0 Å². The number of nitrogens with zero attached hydrogens (tertiary/aromatic N) is 2. The Morgan fingerprint density at radius 2 is 2.25 bits per heavy atom. The fraction of sp³-hybridized carbons (Fsp3) is 0.818. The van der Waals surface area contributed by atoms with Crippen molar-refractivity contribution >= 4 is 16.7 Å². The zero-order valence-electron chi connectivity index (χ0n) is 9.41. The van der Waals surface area contributed by atoms with Crippen molar-refractivity contribution in [2.75, 3.05) is 18.4 Å². The van der Waals surface area contributed by atoms with Crippen LogP contribution in [-0.4, -0.2) is 28.5 Å². The van der Waals surface area contributed by atoms with Crippen molar-refractivity contribution in [3.8, 4) is 0 Å². The Labute approximate surface area is 100 Å². The molecule has 0 spiro atoms. The second-order valence-corrected chi connectivity index (χ2v) is 5.51. The molecule has 2 fully saturated rings. The normalized spacial score (nSPS) is 25.6. The first-order valence-electron chi connectivity index (χ1n) is 6.22. The highest BCUT2D eigenvalue weighted by Gasteiger charge is 2.27. The summed E-state index contributed by atoms with van der Waals surface area (Å²) in [5.41, 5.74) is 0. The van der Waals surface area contributed by atoms with Gasteiger partial charge in [-0.1, -0.05) is 6.42 Å². The maximum absolute atomic E-state index is 4.53. The third kappa shape index (κ3) is 2.52. The molecule has 16 heavy (non-hydrogen) atoms. The minimum atomic E-state index is 0.613. The predicted molar refractivity (Wildman–Crippen MR) is 66.0 cm³/mol. The molecule has 1 atom stereocenters. The summed E-state index contributed by atoms with van der Waals surface area (Å²) < 4.78 is 4.39. The molecule has 1 saturated heterocycles. The highest BCUT2D eigenvalue weighted by Crippen LogP contribution is 2.39. The lowest BCUT2D eigenvalue weighted by atomic mass is 10.1. The summed E-state index contributed by atoms with van der Waals surface area (Å²) >= 11 is 1.51. The predicted octanol–water partition coefficient (Wildman–Crippen LogP) is 1.97. The largest absolute Gasteiger partial charge is 0.359 e. The molecule has 1 aromatic rings. The third-order valence-electron chi connectivity index (χ3n) is 3.30. The summed E-state index contributed by atoms with van der Waals surface area (Å²) in [6.07, 6.45) is 6.51. The Morgan fingerprint density at radius 3 is 3.00 bits per heavy atom. The first-order chi connectivity index (χ1) is 7.92. The summed E-state index contributed by atoms with van der Waals surface area (Å²) in [5.74, 6) is 1.73. The average molecular weight is 238 g/mol. The Kier molecular flexibility index (Phi) is 3.06. The average Bonchev–Trinajstić information content (AvgIpc) is 3.08. The van der Waals surface area contributed by atoms with Gasteiger partial charge in [-0.2, -0.15) is 4.37 Å². The molecule has 1 saturated carbocycles. The molecule has 2 N–H and O–H groups in total. The zero-order valence-corrected chi connectivity index (χ0v) is 10.2. The molecule has 1 aromatic heterocycles. The van der Waals surface area contributed by atoms with Crippen molar-refractivity contribution in [2.45, 2.75) is 44.1 Å². The van der Waals surface area contributed by atoms with E-state index in [0.717, 1.165) is 24.0 Å². The molecule has 1 unspecified atom stereocenters.